The van der Waals surface area contributed by atoms with Crippen molar-refractivity contribution in [2.24, 2.45) is 17.7 Å². The number of ether oxygens (including phenoxy) is 2. The van der Waals surface area contributed by atoms with Gasteiger partial charge in [0.15, 0.2) is 0 Å². The monoisotopic (exact) mass is 383 g/mol. The number of nitrogens with zero attached hydrogens (tertiary/aromatic N) is 2. The lowest BCUT2D eigenvalue weighted by Crippen LogP contribution is -2.48. The molecule has 2 heterocycles. The SMILES string of the molecule is COC1CCN(N)CC1COCC1CCCN(I)C1. The van der Waals surface area contributed by atoms with E-state index in [1.165, 1.54) is 19.4 Å². The highest BCUT2D eigenvalue weighted by molar-refractivity contribution is 14.1. The van der Waals surface area contributed by atoms with Gasteiger partial charge in [-0.1, -0.05) is 0 Å². The van der Waals surface area contributed by atoms with Gasteiger partial charge in [-0.2, -0.15) is 0 Å². The third-order valence-corrected chi connectivity index (χ3v) is 5.03. The van der Waals surface area contributed by atoms with Gasteiger partial charge in [0, 0.05) is 62.1 Å². The molecule has 2 aliphatic rings. The molecule has 0 aromatic carbocycles. The number of piperidine rings is 2. The molecule has 0 spiro atoms. The summed E-state index contributed by atoms with van der Waals surface area (Å²) in [4.78, 5) is 0. The van der Waals surface area contributed by atoms with E-state index in [-0.39, 0.29) is 0 Å². The minimum absolute atomic E-state index is 0.298. The van der Waals surface area contributed by atoms with Crippen molar-refractivity contribution in [1.82, 2.24) is 8.12 Å². The van der Waals surface area contributed by atoms with Crippen LogP contribution in [0.15, 0.2) is 0 Å². The summed E-state index contributed by atoms with van der Waals surface area (Å²) in [5, 5.41) is 1.89. The first kappa shape index (κ1) is 15.9. The third kappa shape index (κ3) is 5.09. The van der Waals surface area contributed by atoms with Crippen LogP contribution < -0.4 is 5.84 Å². The maximum absolute atomic E-state index is 5.95. The van der Waals surface area contributed by atoms with E-state index in [1.54, 1.807) is 7.11 Å². The maximum atomic E-state index is 5.95. The summed E-state index contributed by atoms with van der Waals surface area (Å²) in [6.07, 6.45) is 3.89. The molecule has 3 atom stereocenters. The standard InChI is InChI=1S/C13H26IN3O2/c1-18-13-4-6-17(15)8-12(13)10-19-9-11-3-2-5-16(14)7-11/h11-13H,2-10,15H2,1H3. The van der Waals surface area contributed by atoms with Gasteiger partial charge in [0.25, 0.3) is 0 Å². The van der Waals surface area contributed by atoms with Crippen molar-refractivity contribution >= 4 is 22.9 Å². The second-order valence-corrected chi connectivity index (χ2v) is 7.10. The summed E-state index contributed by atoms with van der Waals surface area (Å²) in [6, 6.07) is 0. The molecular formula is C13H26IN3O2. The van der Waals surface area contributed by atoms with Gasteiger partial charge >= 0.3 is 0 Å². The van der Waals surface area contributed by atoms with Crippen LogP contribution in [-0.4, -0.2) is 60.7 Å². The molecule has 0 aromatic rings. The van der Waals surface area contributed by atoms with Crippen molar-refractivity contribution in [3.63, 3.8) is 0 Å². The molecule has 0 amide bonds. The summed E-state index contributed by atoms with van der Waals surface area (Å²) in [5.41, 5.74) is 0. The molecular weight excluding hydrogens is 357 g/mol. The molecule has 0 saturated carbocycles. The normalized spacial score (nSPS) is 34.6. The molecule has 0 aromatic heterocycles. The predicted octanol–water partition coefficient (Wildman–Crippen LogP) is 1.28. The van der Waals surface area contributed by atoms with Crippen LogP contribution in [0.1, 0.15) is 19.3 Å². The van der Waals surface area contributed by atoms with Crippen LogP contribution in [0, 0.1) is 11.8 Å². The Morgan fingerprint density at radius 3 is 2.79 bits per heavy atom. The number of hydrazine groups is 1. The number of hydrogen-bond donors (Lipinski definition) is 1. The zero-order valence-corrected chi connectivity index (χ0v) is 13.9. The zero-order valence-electron chi connectivity index (χ0n) is 11.8. The smallest absolute Gasteiger partial charge is 0.0647 e. The molecule has 0 bridgehead atoms. The van der Waals surface area contributed by atoms with Crippen molar-refractivity contribution in [3.8, 4) is 0 Å². The van der Waals surface area contributed by atoms with Crippen molar-refractivity contribution in [2.75, 3.05) is 46.5 Å². The molecule has 0 aliphatic carbocycles. The van der Waals surface area contributed by atoms with E-state index < -0.39 is 0 Å². The van der Waals surface area contributed by atoms with E-state index >= 15 is 0 Å². The van der Waals surface area contributed by atoms with Gasteiger partial charge < -0.3 is 9.47 Å². The largest absolute Gasteiger partial charge is 0.381 e. The first-order chi connectivity index (χ1) is 9.19. The van der Waals surface area contributed by atoms with Crippen molar-refractivity contribution in [2.45, 2.75) is 25.4 Å². The summed E-state index contributed by atoms with van der Waals surface area (Å²) in [5.74, 6) is 6.98. The molecule has 19 heavy (non-hydrogen) atoms. The Kier molecular flexibility index (Phi) is 6.77. The number of rotatable bonds is 5. The highest BCUT2D eigenvalue weighted by Crippen LogP contribution is 2.21. The van der Waals surface area contributed by atoms with Crippen LogP contribution in [0.3, 0.4) is 0 Å². The molecule has 2 fully saturated rings. The van der Waals surface area contributed by atoms with Crippen molar-refractivity contribution < 1.29 is 9.47 Å². The average Bonchev–Trinajstić information content (AvgIpc) is 2.39. The molecule has 2 N–H and O–H groups in total. The van der Waals surface area contributed by atoms with E-state index in [0.29, 0.717) is 17.9 Å². The van der Waals surface area contributed by atoms with Crippen LogP contribution in [-0.2, 0) is 9.47 Å². The lowest BCUT2D eigenvalue weighted by atomic mass is 9.96. The fraction of sp³-hybridized carbons (Fsp3) is 1.00. The number of halogens is 1. The first-order valence-corrected chi connectivity index (χ1v) is 8.16. The first-order valence-electron chi connectivity index (χ1n) is 7.20. The maximum Gasteiger partial charge on any atom is 0.0647 e. The van der Waals surface area contributed by atoms with Gasteiger partial charge in [-0.15, -0.1) is 0 Å². The van der Waals surface area contributed by atoms with E-state index in [2.05, 4.69) is 26.0 Å². The Balaban J connectivity index is 1.68. The minimum Gasteiger partial charge on any atom is -0.381 e. The third-order valence-electron chi connectivity index (χ3n) is 4.15. The second kappa shape index (κ2) is 8.09. The molecule has 3 unspecified atom stereocenters. The van der Waals surface area contributed by atoms with Gasteiger partial charge in [0.05, 0.1) is 19.3 Å². The molecule has 6 heteroatoms. The van der Waals surface area contributed by atoms with Gasteiger partial charge in [0.1, 0.15) is 0 Å². The quantitative estimate of drug-likeness (QED) is 0.440. The zero-order chi connectivity index (χ0) is 13.7. The van der Waals surface area contributed by atoms with Gasteiger partial charge in [-0.25, -0.2) is 8.12 Å². The van der Waals surface area contributed by atoms with E-state index in [4.69, 9.17) is 15.3 Å². The van der Waals surface area contributed by atoms with Crippen molar-refractivity contribution in [3.05, 3.63) is 0 Å². The van der Waals surface area contributed by atoms with Crippen LogP contribution in [0.5, 0.6) is 0 Å². The topological polar surface area (TPSA) is 51.0 Å². The molecule has 2 rings (SSSR count). The predicted molar refractivity (Wildman–Crippen MR) is 83.8 cm³/mol. The van der Waals surface area contributed by atoms with Gasteiger partial charge in [0.2, 0.25) is 0 Å². The van der Waals surface area contributed by atoms with Gasteiger partial charge in [-0.05, 0) is 25.2 Å². The average molecular weight is 383 g/mol. The Morgan fingerprint density at radius 2 is 2.05 bits per heavy atom. The molecule has 112 valence electrons. The van der Waals surface area contributed by atoms with E-state index in [0.717, 1.165) is 39.3 Å². The minimum atomic E-state index is 0.298. The highest BCUT2D eigenvalue weighted by Gasteiger charge is 2.28. The highest BCUT2D eigenvalue weighted by atomic mass is 127. The van der Waals surface area contributed by atoms with Crippen molar-refractivity contribution in [1.29, 1.82) is 0 Å². The lowest BCUT2D eigenvalue weighted by molar-refractivity contribution is -0.0495. The van der Waals surface area contributed by atoms with E-state index in [1.807, 2.05) is 5.01 Å². The molecule has 2 aliphatic heterocycles. The van der Waals surface area contributed by atoms with Gasteiger partial charge in [-0.3, -0.25) is 5.84 Å². The molecule has 5 nitrogen and oxygen atoms in total. The van der Waals surface area contributed by atoms with Crippen LogP contribution >= 0.6 is 22.9 Å². The fourth-order valence-electron chi connectivity index (χ4n) is 3.05. The number of nitrogens with two attached hydrogens (primary N) is 1. The Bertz CT molecular complexity index is 270. The number of hydrogen-bond acceptors (Lipinski definition) is 5. The van der Waals surface area contributed by atoms with Crippen LogP contribution in [0.4, 0.5) is 0 Å². The molecule has 0 radical (unpaired) electrons. The fourth-order valence-corrected chi connectivity index (χ4v) is 3.94. The van der Waals surface area contributed by atoms with E-state index in [9.17, 15) is 0 Å². The Labute approximate surface area is 130 Å². The summed E-state index contributed by atoms with van der Waals surface area (Å²) >= 11 is 2.41. The summed E-state index contributed by atoms with van der Waals surface area (Å²) in [7, 11) is 1.79. The summed E-state index contributed by atoms with van der Waals surface area (Å²) in [6.45, 7) is 5.81. The lowest BCUT2D eigenvalue weighted by Gasteiger charge is -2.35. The number of methoxy groups -OCH3 is 1. The molecule has 2 saturated heterocycles. The summed E-state index contributed by atoms with van der Waals surface area (Å²) < 4.78 is 13.9. The Morgan fingerprint density at radius 1 is 1.21 bits per heavy atom. The van der Waals surface area contributed by atoms with Crippen LogP contribution in [0.25, 0.3) is 0 Å². The Hall–Kier alpha value is 0.530. The second-order valence-electron chi connectivity index (χ2n) is 5.73. The van der Waals surface area contributed by atoms with Crippen LogP contribution in [0.2, 0.25) is 0 Å².